The molecule has 0 N–H and O–H groups in total. The Morgan fingerprint density at radius 1 is 1.39 bits per heavy atom. The molecule has 0 aliphatic carbocycles. The lowest BCUT2D eigenvalue weighted by Crippen LogP contribution is -2.33. The van der Waals surface area contributed by atoms with E-state index in [1.807, 2.05) is 6.92 Å². The van der Waals surface area contributed by atoms with E-state index >= 15 is 0 Å². The van der Waals surface area contributed by atoms with Gasteiger partial charge in [0.2, 0.25) is 0 Å². The maximum absolute atomic E-state index is 13.0. The molecule has 0 fully saturated rings. The number of halogens is 1. The van der Waals surface area contributed by atoms with E-state index in [0.717, 1.165) is 13.1 Å². The van der Waals surface area contributed by atoms with E-state index in [1.165, 1.54) is 18.2 Å². The maximum Gasteiger partial charge on any atom is 0.338 e. The average Bonchev–Trinajstić information content (AvgIpc) is 2.35. The van der Waals surface area contributed by atoms with Crippen molar-refractivity contribution < 1.29 is 13.9 Å². The molecule has 0 aromatic heterocycles. The molecular weight excluding hydrogens is 233 g/mol. The molecule has 3 nitrogen and oxygen atoms in total. The fraction of sp³-hybridized carbons (Fsp3) is 0.500. The molecule has 0 saturated carbocycles. The van der Waals surface area contributed by atoms with Crippen LogP contribution in [0.2, 0.25) is 0 Å². The minimum atomic E-state index is -0.478. The molecule has 1 rings (SSSR count). The van der Waals surface area contributed by atoms with Crippen LogP contribution in [-0.2, 0) is 4.74 Å². The van der Waals surface area contributed by atoms with Gasteiger partial charge in [-0.05, 0) is 38.2 Å². The third-order valence-electron chi connectivity index (χ3n) is 2.78. The Balaban J connectivity index is 2.54. The zero-order valence-electron chi connectivity index (χ0n) is 11.1. The Bertz CT molecular complexity index is 391. The highest BCUT2D eigenvalue weighted by Gasteiger charge is 2.14. The molecule has 1 atom stereocenters. The quantitative estimate of drug-likeness (QED) is 0.730. The van der Waals surface area contributed by atoms with Crippen LogP contribution in [0, 0.1) is 5.82 Å². The third-order valence-corrected chi connectivity index (χ3v) is 2.78. The number of hydrogen-bond acceptors (Lipinski definition) is 3. The van der Waals surface area contributed by atoms with E-state index < -0.39 is 11.8 Å². The van der Waals surface area contributed by atoms with Crippen molar-refractivity contribution in [3.8, 4) is 0 Å². The van der Waals surface area contributed by atoms with Crippen molar-refractivity contribution in [1.82, 2.24) is 4.90 Å². The summed E-state index contributed by atoms with van der Waals surface area (Å²) in [6, 6.07) is 5.54. The summed E-state index contributed by atoms with van der Waals surface area (Å²) in [4.78, 5) is 13.9. The summed E-state index contributed by atoms with van der Waals surface area (Å²) in [7, 11) is 0. The monoisotopic (exact) mass is 253 g/mol. The first-order chi connectivity index (χ1) is 8.56. The third kappa shape index (κ3) is 4.45. The second-order valence-corrected chi connectivity index (χ2v) is 4.21. The van der Waals surface area contributed by atoms with E-state index in [9.17, 15) is 9.18 Å². The zero-order chi connectivity index (χ0) is 13.5. The summed E-state index contributed by atoms with van der Waals surface area (Å²) in [5.74, 6) is -0.907. The Hall–Kier alpha value is -1.42. The molecule has 4 heteroatoms. The molecule has 100 valence electrons. The fourth-order valence-corrected chi connectivity index (χ4v) is 1.75. The minimum Gasteiger partial charge on any atom is -0.458 e. The van der Waals surface area contributed by atoms with Crippen LogP contribution >= 0.6 is 0 Å². The molecule has 0 saturated heterocycles. The van der Waals surface area contributed by atoms with Crippen molar-refractivity contribution in [2.45, 2.75) is 26.9 Å². The van der Waals surface area contributed by atoms with Crippen molar-refractivity contribution in [1.29, 1.82) is 0 Å². The van der Waals surface area contributed by atoms with Crippen molar-refractivity contribution in [3.05, 3.63) is 35.6 Å². The molecule has 0 unspecified atom stereocenters. The summed E-state index contributed by atoms with van der Waals surface area (Å²) in [5, 5.41) is 0. The predicted octanol–water partition coefficient (Wildman–Crippen LogP) is 2.71. The number of hydrogen-bond donors (Lipinski definition) is 0. The lowest BCUT2D eigenvalue weighted by Gasteiger charge is -2.22. The van der Waals surface area contributed by atoms with Crippen molar-refractivity contribution in [2.75, 3.05) is 19.6 Å². The zero-order valence-corrected chi connectivity index (χ0v) is 11.1. The van der Waals surface area contributed by atoms with Crippen LogP contribution in [-0.4, -0.2) is 36.6 Å². The van der Waals surface area contributed by atoms with Crippen LogP contribution in [0.1, 0.15) is 31.1 Å². The first-order valence-electron chi connectivity index (χ1n) is 6.25. The van der Waals surface area contributed by atoms with Crippen LogP contribution in [0.3, 0.4) is 0 Å². The number of carbonyl (C=O) groups is 1. The van der Waals surface area contributed by atoms with Gasteiger partial charge in [-0.25, -0.2) is 9.18 Å². The van der Waals surface area contributed by atoms with E-state index in [2.05, 4.69) is 18.7 Å². The SMILES string of the molecule is CCN(CC)C[C@@H](C)OC(=O)c1cccc(F)c1. The molecule has 18 heavy (non-hydrogen) atoms. The molecule has 0 spiro atoms. The number of nitrogens with zero attached hydrogens (tertiary/aromatic N) is 1. The number of carbonyl (C=O) groups excluding carboxylic acids is 1. The smallest absolute Gasteiger partial charge is 0.338 e. The summed E-state index contributed by atoms with van der Waals surface area (Å²) in [6.07, 6.45) is -0.208. The van der Waals surface area contributed by atoms with Gasteiger partial charge in [-0.1, -0.05) is 19.9 Å². The Morgan fingerprint density at radius 3 is 2.61 bits per heavy atom. The second kappa shape index (κ2) is 7.11. The lowest BCUT2D eigenvalue weighted by atomic mass is 10.2. The van der Waals surface area contributed by atoms with Crippen LogP contribution in [0.4, 0.5) is 4.39 Å². The van der Waals surface area contributed by atoms with Crippen LogP contribution in [0.5, 0.6) is 0 Å². The van der Waals surface area contributed by atoms with E-state index in [4.69, 9.17) is 4.74 Å². The highest BCUT2D eigenvalue weighted by atomic mass is 19.1. The van der Waals surface area contributed by atoms with E-state index in [-0.39, 0.29) is 11.7 Å². The Labute approximate surface area is 108 Å². The molecule has 0 aliphatic heterocycles. The van der Waals surface area contributed by atoms with Crippen molar-refractivity contribution in [2.24, 2.45) is 0 Å². The Morgan fingerprint density at radius 2 is 2.06 bits per heavy atom. The van der Waals surface area contributed by atoms with Gasteiger partial charge in [-0.3, -0.25) is 0 Å². The number of ether oxygens (including phenoxy) is 1. The summed E-state index contributed by atoms with van der Waals surface area (Å²) in [6.45, 7) is 8.48. The molecule has 1 aromatic rings. The highest BCUT2D eigenvalue weighted by molar-refractivity contribution is 5.89. The topological polar surface area (TPSA) is 29.5 Å². The number of benzene rings is 1. The summed E-state index contributed by atoms with van der Waals surface area (Å²) < 4.78 is 18.2. The fourth-order valence-electron chi connectivity index (χ4n) is 1.75. The van der Waals surface area contributed by atoms with Gasteiger partial charge in [0.25, 0.3) is 0 Å². The van der Waals surface area contributed by atoms with Gasteiger partial charge in [0.15, 0.2) is 0 Å². The molecule has 0 heterocycles. The first kappa shape index (κ1) is 14.6. The average molecular weight is 253 g/mol. The molecule has 1 aromatic carbocycles. The van der Waals surface area contributed by atoms with Gasteiger partial charge in [0.1, 0.15) is 11.9 Å². The number of rotatable bonds is 6. The second-order valence-electron chi connectivity index (χ2n) is 4.21. The molecule has 0 aliphatic rings. The lowest BCUT2D eigenvalue weighted by molar-refractivity contribution is 0.0260. The Kier molecular flexibility index (Phi) is 5.78. The summed E-state index contributed by atoms with van der Waals surface area (Å²) >= 11 is 0. The van der Waals surface area contributed by atoms with Crippen molar-refractivity contribution in [3.63, 3.8) is 0 Å². The molecule has 0 bridgehead atoms. The predicted molar refractivity (Wildman–Crippen MR) is 69.1 cm³/mol. The maximum atomic E-state index is 13.0. The van der Waals surface area contributed by atoms with Gasteiger partial charge in [-0.2, -0.15) is 0 Å². The standard InChI is InChI=1S/C14H20FNO2/c1-4-16(5-2)10-11(3)18-14(17)12-7-6-8-13(15)9-12/h6-9,11H,4-5,10H2,1-3H3/t11-/m1/s1. The number of esters is 1. The van der Waals surface area contributed by atoms with E-state index in [0.29, 0.717) is 6.54 Å². The molecule has 0 amide bonds. The molecular formula is C14H20FNO2. The van der Waals surface area contributed by atoms with Gasteiger partial charge in [-0.15, -0.1) is 0 Å². The van der Waals surface area contributed by atoms with E-state index in [1.54, 1.807) is 6.07 Å². The minimum absolute atomic E-state index is 0.208. The van der Waals surface area contributed by atoms with Gasteiger partial charge < -0.3 is 9.64 Å². The summed E-state index contributed by atoms with van der Waals surface area (Å²) in [5.41, 5.74) is 0.251. The molecule has 0 radical (unpaired) electrons. The van der Waals surface area contributed by atoms with Gasteiger partial charge >= 0.3 is 5.97 Å². The van der Waals surface area contributed by atoms with Gasteiger partial charge in [0, 0.05) is 6.54 Å². The van der Waals surface area contributed by atoms with Crippen LogP contribution < -0.4 is 0 Å². The number of likely N-dealkylation sites (N-methyl/N-ethyl adjacent to an activating group) is 1. The van der Waals surface area contributed by atoms with Crippen molar-refractivity contribution >= 4 is 5.97 Å². The van der Waals surface area contributed by atoms with Gasteiger partial charge in [0.05, 0.1) is 5.56 Å². The first-order valence-corrected chi connectivity index (χ1v) is 6.25. The normalized spacial score (nSPS) is 12.5. The van der Waals surface area contributed by atoms with Crippen LogP contribution in [0.15, 0.2) is 24.3 Å². The van der Waals surface area contributed by atoms with Crippen LogP contribution in [0.25, 0.3) is 0 Å². The highest BCUT2D eigenvalue weighted by Crippen LogP contribution is 2.07. The largest absolute Gasteiger partial charge is 0.458 e.